The summed E-state index contributed by atoms with van der Waals surface area (Å²) in [5.74, 6) is 3.01. The number of benzene rings is 1. The number of nitrogens with zero attached hydrogens (tertiary/aromatic N) is 1. The SMILES string of the molecule is CC(C)CNCc1cnc(C2CCOc3ccccc32)[nH]1. The van der Waals surface area contributed by atoms with Gasteiger partial charge in [0.1, 0.15) is 11.6 Å². The summed E-state index contributed by atoms with van der Waals surface area (Å²) in [5, 5.41) is 3.44. The lowest BCUT2D eigenvalue weighted by Crippen LogP contribution is -2.19. The third-order valence-corrected chi connectivity index (χ3v) is 3.80. The van der Waals surface area contributed by atoms with Crippen molar-refractivity contribution in [2.45, 2.75) is 32.7 Å². The van der Waals surface area contributed by atoms with Crippen molar-refractivity contribution in [3.05, 3.63) is 47.5 Å². The first-order valence-corrected chi connectivity index (χ1v) is 7.70. The Hall–Kier alpha value is -1.81. The van der Waals surface area contributed by atoms with Crippen LogP contribution in [-0.4, -0.2) is 23.1 Å². The Labute approximate surface area is 125 Å². The number of imidazole rings is 1. The number of aromatic nitrogens is 2. The molecule has 0 spiro atoms. The molecule has 1 atom stereocenters. The van der Waals surface area contributed by atoms with Crippen LogP contribution in [0, 0.1) is 5.92 Å². The van der Waals surface area contributed by atoms with Gasteiger partial charge in [0.2, 0.25) is 0 Å². The van der Waals surface area contributed by atoms with Gasteiger partial charge in [-0.2, -0.15) is 0 Å². The zero-order valence-electron chi connectivity index (χ0n) is 12.7. The van der Waals surface area contributed by atoms with Gasteiger partial charge in [-0.05, 0) is 24.9 Å². The molecule has 112 valence electrons. The van der Waals surface area contributed by atoms with Crippen LogP contribution in [0.1, 0.15) is 43.3 Å². The third kappa shape index (κ3) is 3.27. The highest BCUT2D eigenvalue weighted by atomic mass is 16.5. The van der Waals surface area contributed by atoms with Crippen LogP contribution in [0.25, 0.3) is 0 Å². The summed E-state index contributed by atoms with van der Waals surface area (Å²) in [6, 6.07) is 8.26. The van der Waals surface area contributed by atoms with Gasteiger partial charge in [-0.15, -0.1) is 0 Å². The molecule has 4 heteroatoms. The van der Waals surface area contributed by atoms with Crippen LogP contribution < -0.4 is 10.1 Å². The first kappa shape index (κ1) is 14.1. The van der Waals surface area contributed by atoms with Crippen molar-refractivity contribution in [3.63, 3.8) is 0 Å². The monoisotopic (exact) mass is 285 g/mol. The van der Waals surface area contributed by atoms with Crippen LogP contribution in [-0.2, 0) is 6.54 Å². The molecule has 2 N–H and O–H groups in total. The third-order valence-electron chi connectivity index (χ3n) is 3.80. The molecule has 0 aliphatic carbocycles. The van der Waals surface area contributed by atoms with E-state index >= 15 is 0 Å². The summed E-state index contributed by atoms with van der Waals surface area (Å²) in [4.78, 5) is 8.05. The standard InChI is InChI=1S/C17H23N3O/c1-12(2)9-18-10-13-11-19-17(20-13)15-7-8-21-16-6-4-3-5-14(15)16/h3-6,11-12,15,18H,7-10H2,1-2H3,(H,19,20). The topological polar surface area (TPSA) is 49.9 Å². The Morgan fingerprint density at radius 3 is 3.10 bits per heavy atom. The Balaban J connectivity index is 1.72. The van der Waals surface area contributed by atoms with Gasteiger partial charge in [0, 0.05) is 29.9 Å². The Morgan fingerprint density at radius 2 is 2.24 bits per heavy atom. The van der Waals surface area contributed by atoms with E-state index in [1.165, 1.54) is 5.56 Å². The van der Waals surface area contributed by atoms with Gasteiger partial charge in [0.25, 0.3) is 0 Å². The van der Waals surface area contributed by atoms with Gasteiger partial charge in [0.05, 0.1) is 6.61 Å². The van der Waals surface area contributed by atoms with E-state index in [1.807, 2.05) is 18.3 Å². The summed E-state index contributed by atoms with van der Waals surface area (Å²) in [6.45, 7) is 7.04. The number of rotatable bonds is 5. The maximum atomic E-state index is 5.72. The minimum atomic E-state index is 0.314. The minimum absolute atomic E-state index is 0.314. The molecule has 1 aromatic carbocycles. The lowest BCUT2D eigenvalue weighted by molar-refractivity contribution is 0.274. The number of para-hydroxylation sites is 1. The van der Waals surface area contributed by atoms with Crippen LogP contribution >= 0.6 is 0 Å². The molecular formula is C17H23N3O. The predicted octanol–water partition coefficient (Wildman–Crippen LogP) is 3.07. The van der Waals surface area contributed by atoms with E-state index in [-0.39, 0.29) is 0 Å². The lowest BCUT2D eigenvalue weighted by Gasteiger charge is -2.24. The molecule has 2 aromatic rings. The van der Waals surface area contributed by atoms with Gasteiger partial charge in [0.15, 0.2) is 0 Å². The zero-order chi connectivity index (χ0) is 14.7. The van der Waals surface area contributed by atoms with Crippen LogP contribution in [0.4, 0.5) is 0 Å². The molecule has 1 unspecified atom stereocenters. The fourth-order valence-electron chi connectivity index (χ4n) is 2.77. The Kier molecular flexibility index (Phi) is 4.25. The molecule has 2 heterocycles. The van der Waals surface area contributed by atoms with Gasteiger partial charge in [-0.25, -0.2) is 4.98 Å². The maximum absolute atomic E-state index is 5.72. The van der Waals surface area contributed by atoms with Crippen molar-refractivity contribution in [1.82, 2.24) is 15.3 Å². The number of aromatic amines is 1. The predicted molar refractivity (Wildman–Crippen MR) is 83.5 cm³/mol. The number of hydrogen-bond acceptors (Lipinski definition) is 3. The van der Waals surface area contributed by atoms with E-state index in [4.69, 9.17) is 4.74 Å². The van der Waals surface area contributed by atoms with E-state index in [0.717, 1.165) is 43.4 Å². The van der Waals surface area contributed by atoms with Crippen molar-refractivity contribution >= 4 is 0 Å². The van der Waals surface area contributed by atoms with Gasteiger partial charge in [-0.3, -0.25) is 0 Å². The molecule has 4 nitrogen and oxygen atoms in total. The molecule has 1 aliphatic rings. The Bertz CT molecular complexity index is 591. The number of hydrogen-bond donors (Lipinski definition) is 2. The molecule has 21 heavy (non-hydrogen) atoms. The first-order valence-electron chi connectivity index (χ1n) is 7.70. The number of fused-ring (bicyclic) bond motifs is 1. The summed E-state index contributed by atoms with van der Waals surface area (Å²) < 4.78 is 5.72. The average molecular weight is 285 g/mol. The highest BCUT2D eigenvalue weighted by molar-refractivity contribution is 5.40. The zero-order valence-corrected chi connectivity index (χ0v) is 12.7. The van der Waals surface area contributed by atoms with E-state index < -0.39 is 0 Å². The minimum Gasteiger partial charge on any atom is -0.493 e. The molecule has 0 fully saturated rings. The highest BCUT2D eigenvalue weighted by Gasteiger charge is 2.24. The summed E-state index contributed by atoms with van der Waals surface area (Å²) in [6.07, 6.45) is 2.92. The van der Waals surface area contributed by atoms with E-state index in [0.29, 0.717) is 11.8 Å². The van der Waals surface area contributed by atoms with Crippen molar-refractivity contribution in [1.29, 1.82) is 0 Å². The maximum Gasteiger partial charge on any atom is 0.123 e. The molecule has 3 rings (SSSR count). The highest BCUT2D eigenvalue weighted by Crippen LogP contribution is 2.36. The van der Waals surface area contributed by atoms with Crippen molar-refractivity contribution in [2.75, 3.05) is 13.2 Å². The molecular weight excluding hydrogens is 262 g/mol. The van der Waals surface area contributed by atoms with E-state index in [2.05, 4.69) is 41.3 Å². The molecule has 1 aliphatic heterocycles. The molecule has 1 aromatic heterocycles. The molecule has 0 saturated carbocycles. The van der Waals surface area contributed by atoms with Gasteiger partial charge >= 0.3 is 0 Å². The van der Waals surface area contributed by atoms with Crippen LogP contribution in [0.15, 0.2) is 30.5 Å². The average Bonchev–Trinajstić information content (AvgIpc) is 2.95. The lowest BCUT2D eigenvalue weighted by atomic mass is 9.92. The van der Waals surface area contributed by atoms with Crippen molar-refractivity contribution in [3.8, 4) is 5.75 Å². The second-order valence-electron chi connectivity index (χ2n) is 6.05. The second kappa shape index (κ2) is 6.31. The smallest absolute Gasteiger partial charge is 0.123 e. The Morgan fingerprint density at radius 1 is 1.38 bits per heavy atom. The van der Waals surface area contributed by atoms with Crippen LogP contribution in [0.3, 0.4) is 0 Å². The molecule has 0 bridgehead atoms. The van der Waals surface area contributed by atoms with Gasteiger partial charge in [-0.1, -0.05) is 32.0 Å². The first-order chi connectivity index (χ1) is 10.2. The summed E-state index contributed by atoms with van der Waals surface area (Å²) in [5.41, 5.74) is 2.38. The fraction of sp³-hybridized carbons (Fsp3) is 0.471. The fourth-order valence-corrected chi connectivity index (χ4v) is 2.77. The van der Waals surface area contributed by atoms with Gasteiger partial charge < -0.3 is 15.0 Å². The quantitative estimate of drug-likeness (QED) is 0.887. The molecule has 0 radical (unpaired) electrons. The number of H-pyrrole nitrogens is 1. The van der Waals surface area contributed by atoms with Crippen molar-refractivity contribution in [2.24, 2.45) is 5.92 Å². The molecule has 0 amide bonds. The summed E-state index contributed by atoms with van der Waals surface area (Å²) >= 11 is 0. The number of ether oxygens (including phenoxy) is 1. The normalized spacial score (nSPS) is 17.6. The van der Waals surface area contributed by atoms with Crippen LogP contribution in [0.2, 0.25) is 0 Å². The van der Waals surface area contributed by atoms with E-state index in [1.54, 1.807) is 0 Å². The summed E-state index contributed by atoms with van der Waals surface area (Å²) in [7, 11) is 0. The van der Waals surface area contributed by atoms with E-state index in [9.17, 15) is 0 Å². The number of nitrogens with one attached hydrogen (secondary N) is 2. The second-order valence-corrected chi connectivity index (χ2v) is 6.05. The molecule has 0 saturated heterocycles. The van der Waals surface area contributed by atoms with Crippen molar-refractivity contribution < 1.29 is 4.74 Å². The largest absolute Gasteiger partial charge is 0.493 e. The van der Waals surface area contributed by atoms with Crippen LogP contribution in [0.5, 0.6) is 5.75 Å².